The number of nitrogens with two attached hydrogens (primary N) is 1. The fourth-order valence-electron chi connectivity index (χ4n) is 1.78. The standard InChI is InChI=1S/C14H27N5O/c1-9-10(18-14(5,6)7-8-20)16-12(13(2,3)4)17-11(9)19-15/h20H,7-8,15H2,1-6H3,(H2,16,17,18,19). The molecule has 0 saturated heterocycles. The lowest BCUT2D eigenvalue weighted by molar-refractivity contribution is 0.260. The van der Waals surface area contributed by atoms with Crippen molar-refractivity contribution in [1.82, 2.24) is 9.97 Å². The Kier molecular flexibility index (Phi) is 4.94. The third kappa shape index (κ3) is 4.05. The highest BCUT2D eigenvalue weighted by atomic mass is 16.3. The zero-order valence-electron chi connectivity index (χ0n) is 13.3. The van der Waals surface area contributed by atoms with Crippen molar-refractivity contribution in [3.05, 3.63) is 11.4 Å². The minimum absolute atomic E-state index is 0.123. The van der Waals surface area contributed by atoms with E-state index in [1.807, 2.05) is 20.8 Å². The third-order valence-corrected chi connectivity index (χ3v) is 3.15. The summed E-state index contributed by atoms with van der Waals surface area (Å²) in [5.74, 6) is 7.63. The predicted octanol–water partition coefficient (Wildman–Crippen LogP) is 1.94. The minimum Gasteiger partial charge on any atom is -0.396 e. The molecule has 114 valence electrons. The third-order valence-electron chi connectivity index (χ3n) is 3.15. The highest BCUT2D eigenvalue weighted by molar-refractivity contribution is 5.58. The van der Waals surface area contributed by atoms with E-state index in [9.17, 15) is 0 Å². The Labute approximate surface area is 121 Å². The van der Waals surface area contributed by atoms with E-state index in [0.717, 1.165) is 17.2 Å². The highest BCUT2D eigenvalue weighted by Crippen LogP contribution is 2.28. The van der Waals surface area contributed by atoms with Crippen LogP contribution in [0, 0.1) is 6.92 Å². The molecule has 0 saturated carbocycles. The first-order chi connectivity index (χ1) is 9.10. The minimum atomic E-state index is -0.255. The molecule has 6 heteroatoms. The van der Waals surface area contributed by atoms with Crippen LogP contribution in [0.25, 0.3) is 0 Å². The quantitative estimate of drug-likeness (QED) is 0.486. The Hall–Kier alpha value is -1.40. The van der Waals surface area contributed by atoms with Crippen molar-refractivity contribution >= 4 is 11.6 Å². The Balaban J connectivity index is 3.24. The van der Waals surface area contributed by atoms with E-state index in [2.05, 4.69) is 41.5 Å². The van der Waals surface area contributed by atoms with E-state index < -0.39 is 0 Å². The summed E-state index contributed by atoms with van der Waals surface area (Å²) in [6, 6.07) is 0. The van der Waals surface area contributed by atoms with Crippen molar-refractivity contribution in [3.8, 4) is 0 Å². The van der Waals surface area contributed by atoms with Crippen LogP contribution in [0.5, 0.6) is 0 Å². The van der Waals surface area contributed by atoms with Gasteiger partial charge in [-0.25, -0.2) is 15.8 Å². The number of aliphatic hydroxyl groups excluding tert-OH is 1. The van der Waals surface area contributed by atoms with Crippen molar-refractivity contribution in [2.24, 2.45) is 5.84 Å². The van der Waals surface area contributed by atoms with Crippen molar-refractivity contribution < 1.29 is 5.11 Å². The number of nitrogen functional groups attached to an aromatic ring is 1. The molecular weight excluding hydrogens is 254 g/mol. The molecule has 1 aromatic rings. The molecule has 1 aromatic heterocycles. The molecule has 5 N–H and O–H groups in total. The Morgan fingerprint density at radius 1 is 1.10 bits per heavy atom. The molecule has 0 amide bonds. The number of aliphatic hydroxyl groups is 1. The van der Waals surface area contributed by atoms with Crippen LogP contribution in [0.3, 0.4) is 0 Å². The lowest BCUT2D eigenvalue weighted by Gasteiger charge is -2.28. The number of anilines is 2. The van der Waals surface area contributed by atoms with Crippen molar-refractivity contribution in [1.29, 1.82) is 0 Å². The first-order valence-corrected chi connectivity index (χ1v) is 6.85. The molecule has 1 heterocycles. The van der Waals surface area contributed by atoms with Gasteiger partial charge in [-0.15, -0.1) is 0 Å². The summed E-state index contributed by atoms with van der Waals surface area (Å²) in [6.45, 7) is 12.3. The van der Waals surface area contributed by atoms with Crippen LogP contribution in [0.15, 0.2) is 0 Å². The molecular formula is C14H27N5O. The summed E-state index contributed by atoms with van der Waals surface area (Å²) in [4.78, 5) is 9.08. The highest BCUT2D eigenvalue weighted by Gasteiger charge is 2.24. The van der Waals surface area contributed by atoms with Gasteiger partial charge in [0.25, 0.3) is 0 Å². The van der Waals surface area contributed by atoms with Gasteiger partial charge in [-0.05, 0) is 27.2 Å². The molecule has 6 nitrogen and oxygen atoms in total. The first kappa shape index (κ1) is 16.7. The van der Waals surface area contributed by atoms with Crippen LogP contribution in [0.2, 0.25) is 0 Å². The fourth-order valence-corrected chi connectivity index (χ4v) is 1.78. The van der Waals surface area contributed by atoms with Crippen molar-refractivity contribution in [3.63, 3.8) is 0 Å². The number of hydrazine groups is 1. The lowest BCUT2D eigenvalue weighted by Crippen LogP contribution is -2.33. The predicted molar refractivity (Wildman–Crippen MR) is 82.7 cm³/mol. The fraction of sp³-hybridized carbons (Fsp3) is 0.714. The number of hydrogen-bond donors (Lipinski definition) is 4. The second-order valence-electron chi connectivity index (χ2n) is 6.75. The molecule has 0 spiro atoms. The van der Waals surface area contributed by atoms with E-state index in [-0.39, 0.29) is 17.6 Å². The van der Waals surface area contributed by atoms with Gasteiger partial charge in [0.15, 0.2) is 0 Å². The number of hydrogen-bond acceptors (Lipinski definition) is 6. The van der Waals surface area contributed by atoms with E-state index in [1.165, 1.54) is 0 Å². The van der Waals surface area contributed by atoms with E-state index >= 15 is 0 Å². The summed E-state index contributed by atoms with van der Waals surface area (Å²) in [5, 5.41) is 12.5. The Morgan fingerprint density at radius 2 is 1.65 bits per heavy atom. The van der Waals surface area contributed by atoms with Gasteiger partial charge in [0.1, 0.15) is 17.5 Å². The van der Waals surface area contributed by atoms with Crippen LogP contribution in [0.1, 0.15) is 52.4 Å². The summed E-state index contributed by atoms with van der Waals surface area (Å²) in [5.41, 5.74) is 3.07. The number of nitrogens with zero attached hydrogens (tertiary/aromatic N) is 2. The smallest absolute Gasteiger partial charge is 0.148 e. The van der Waals surface area contributed by atoms with Crippen LogP contribution < -0.4 is 16.6 Å². The summed E-state index contributed by atoms with van der Waals surface area (Å²) in [7, 11) is 0. The average Bonchev–Trinajstić information content (AvgIpc) is 2.29. The summed E-state index contributed by atoms with van der Waals surface area (Å²) in [6.07, 6.45) is 0.632. The molecule has 0 bridgehead atoms. The van der Waals surface area contributed by atoms with Crippen LogP contribution in [-0.4, -0.2) is 27.2 Å². The van der Waals surface area contributed by atoms with Gasteiger partial charge in [-0.3, -0.25) is 0 Å². The number of nitrogens with one attached hydrogen (secondary N) is 2. The van der Waals surface area contributed by atoms with Crippen LogP contribution in [-0.2, 0) is 5.41 Å². The van der Waals surface area contributed by atoms with E-state index in [1.54, 1.807) is 0 Å². The van der Waals surface area contributed by atoms with Crippen LogP contribution >= 0.6 is 0 Å². The largest absolute Gasteiger partial charge is 0.396 e. The van der Waals surface area contributed by atoms with Crippen molar-refractivity contribution in [2.45, 2.75) is 58.9 Å². The molecule has 0 radical (unpaired) electrons. The first-order valence-electron chi connectivity index (χ1n) is 6.85. The van der Waals surface area contributed by atoms with Gasteiger partial charge < -0.3 is 15.8 Å². The molecule has 0 aliphatic heterocycles. The molecule has 1 rings (SSSR count). The Bertz CT molecular complexity index is 465. The average molecular weight is 281 g/mol. The molecule has 0 aliphatic carbocycles. The maximum Gasteiger partial charge on any atom is 0.148 e. The summed E-state index contributed by atoms with van der Waals surface area (Å²) < 4.78 is 0. The molecule has 0 unspecified atom stereocenters. The maximum absolute atomic E-state index is 9.13. The summed E-state index contributed by atoms with van der Waals surface area (Å²) >= 11 is 0. The monoisotopic (exact) mass is 281 g/mol. The molecule has 0 fully saturated rings. The number of rotatable bonds is 5. The van der Waals surface area contributed by atoms with Gasteiger partial charge >= 0.3 is 0 Å². The topological polar surface area (TPSA) is 96.1 Å². The zero-order chi connectivity index (χ0) is 15.6. The van der Waals surface area contributed by atoms with Gasteiger partial charge in [0, 0.05) is 23.1 Å². The van der Waals surface area contributed by atoms with E-state index in [4.69, 9.17) is 10.9 Å². The second-order valence-corrected chi connectivity index (χ2v) is 6.75. The SMILES string of the molecule is Cc1c(NN)nc(C(C)(C)C)nc1NC(C)(C)CCO. The van der Waals surface area contributed by atoms with Gasteiger partial charge in [0.2, 0.25) is 0 Å². The van der Waals surface area contributed by atoms with Crippen LogP contribution in [0.4, 0.5) is 11.6 Å². The number of aromatic nitrogens is 2. The molecule has 0 aromatic carbocycles. The Morgan fingerprint density at radius 3 is 2.10 bits per heavy atom. The van der Waals surface area contributed by atoms with Crippen molar-refractivity contribution in [2.75, 3.05) is 17.3 Å². The molecule has 20 heavy (non-hydrogen) atoms. The second kappa shape index (κ2) is 5.93. The van der Waals surface area contributed by atoms with Gasteiger partial charge in [-0.2, -0.15) is 0 Å². The molecule has 0 aliphatic rings. The zero-order valence-corrected chi connectivity index (χ0v) is 13.3. The van der Waals surface area contributed by atoms with Gasteiger partial charge in [0.05, 0.1) is 0 Å². The normalized spacial score (nSPS) is 12.4. The van der Waals surface area contributed by atoms with Gasteiger partial charge in [-0.1, -0.05) is 20.8 Å². The maximum atomic E-state index is 9.13. The van der Waals surface area contributed by atoms with E-state index in [0.29, 0.717) is 12.2 Å². The molecule has 0 atom stereocenters. The lowest BCUT2D eigenvalue weighted by atomic mass is 9.95.